The number of hydrogen-bond acceptors (Lipinski definition) is 5. The van der Waals surface area contributed by atoms with Crippen LogP contribution in [0.15, 0.2) is 29.0 Å². The monoisotopic (exact) mass is 396 g/mol. The number of nitrogens with one attached hydrogen (secondary N) is 3. The molecule has 0 unspecified atom stereocenters. The molecular formula is C22H28N4O3. The number of aromatic amines is 1. The van der Waals surface area contributed by atoms with Crippen molar-refractivity contribution < 1.29 is 14.3 Å². The number of fused-ring (bicyclic) bond motifs is 2. The van der Waals surface area contributed by atoms with Gasteiger partial charge in [-0.1, -0.05) is 0 Å². The largest absolute Gasteiger partial charge is 0.385 e. The van der Waals surface area contributed by atoms with Gasteiger partial charge in [-0.3, -0.25) is 10.2 Å². The number of hydrogen-bond donors (Lipinski definition) is 3. The minimum atomic E-state index is -0.641. The number of ether oxygens (including phenoxy) is 2. The van der Waals surface area contributed by atoms with Gasteiger partial charge in [-0.25, -0.2) is 0 Å². The zero-order chi connectivity index (χ0) is 20.6. The molecule has 0 saturated carbocycles. The predicted octanol–water partition coefficient (Wildman–Crippen LogP) is 3.34. The van der Waals surface area contributed by atoms with Crippen LogP contribution in [0.2, 0.25) is 0 Å². The maximum absolute atomic E-state index is 13.0. The molecule has 0 radical (unpaired) electrons. The number of allylic oxidation sites excluding steroid dienone is 1. The molecule has 0 saturated heterocycles. The lowest BCUT2D eigenvalue weighted by atomic mass is 9.76. The second-order valence-corrected chi connectivity index (χ2v) is 7.95. The summed E-state index contributed by atoms with van der Waals surface area (Å²) >= 11 is 0. The third kappa shape index (κ3) is 3.24. The van der Waals surface area contributed by atoms with Gasteiger partial charge in [0.2, 0.25) is 5.91 Å². The molecule has 2 aliphatic heterocycles. The Bertz CT molecular complexity index is 1010. The summed E-state index contributed by atoms with van der Waals surface area (Å²) in [5.74, 6) is 0.0220. The minimum Gasteiger partial charge on any atom is -0.385 e. The molecule has 2 aliphatic rings. The molecule has 1 aromatic carbocycles. The molecule has 3 N–H and O–H groups in total. The third-order valence-electron chi connectivity index (χ3n) is 6.11. The van der Waals surface area contributed by atoms with E-state index in [9.17, 15) is 4.79 Å². The van der Waals surface area contributed by atoms with Crippen molar-refractivity contribution >= 4 is 28.2 Å². The van der Waals surface area contributed by atoms with Crippen LogP contribution in [0, 0.1) is 6.92 Å². The van der Waals surface area contributed by atoms with Crippen molar-refractivity contribution in [1.82, 2.24) is 10.4 Å². The highest BCUT2D eigenvalue weighted by Crippen LogP contribution is 2.45. The van der Waals surface area contributed by atoms with E-state index in [1.807, 2.05) is 6.20 Å². The molecule has 3 heterocycles. The number of methoxy groups -OCH3 is 2. The summed E-state index contributed by atoms with van der Waals surface area (Å²) in [7, 11) is 3.33. The summed E-state index contributed by atoms with van der Waals surface area (Å²) in [6, 6.07) is 4.20. The number of benzene rings is 1. The maximum atomic E-state index is 13.0. The number of aromatic nitrogens is 1. The number of aryl methyl sites for hydroxylation is 1. The molecule has 0 atom stereocenters. The molecule has 2 aromatic rings. The van der Waals surface area contributed by atoms with E-state index in [-0.39, 0.29) is 5.91 Å². The average molecular weight is 396 g/mol. The highest BCUT2D eigenvalue weighted by molar-refractivity contribution is 6.11. The van der Waals surface area contributed by atoms with Gasteiger partial charge in [0.15, 0.2) is 0 Å². The Morgan fingerprint density at radius 3 is 2.52 bits per heavy atom. The lowest BCUT2D eigenvalue weighted by Crippen LogP contribution is -2.37. The first-order chi connectivity index (χ1) is 14.0. The summed E-state index contributed by atoms with van der Waals surface area (Å²) in [5.41, 5.74) is 9.65. The van der Waals surface area contributed by atoms with E-state index in [1.165, 1.54) is 5.57 Å². The summed E-state index contributed by atoms with van der Waals surface area (Å²) in [6.07, 6.45) is 3.96. The van der Waals surface area contributed by atoms with Crippen molar-refractivity contribution in [3.05, 3.63) is 40.7 Å². The molecule has 0 fully saturated rings. The van der Waals surface area contributed by atoms with Crippen molar-refractivity contribution in [2.24, 2.45) is 5.10 Å². The van der Waals surface area contributed by atoms with Crippen LogP contribution in [0.25, 0.3) is 10.9 Å². The standard InChI is InChI=1S/C22H28N4O3/c1-13-9-19(26-23-12-13)20-14(2)15-10-18-16(11-17(15)24-20)22(5-7-28-3,6-8-29-4)21(27)25-18/h10-12,23-24H,5-9H2,1-4H3,(H,25,27). The zero-order valence-corrected chi connectivity index (χ0v) is 17.4. The van der Waals surface area contributed by atoms with Crippen molar-refractivity contribution in [2.45, 2.75) is 38.5 Å². The molecule has 154 valence electrons. The highest BCUT2D eigenvalue weighted by Gasteiger charge is 2.46. The Balaban J connectivity index is 1.80. The van der Waals surface area contributed by atoms with E-state index >= 15 is 0 Å². The van der Waals surface area contributed by atoms with Gasteiger partial charge in [0.05, 0.1) is 16.8 Å². The van der Waals surface area contributed by atoms with Crippen molar-refractivity contribution in [1.29, 1.82) is 0 Å². The molecule has 1 amide bonds. The second kappa shape index (κ2) is 7.65. The van der Waals surface area contributed by atoms with Crippen molar-refractivity contribution in [2.75, 3.05) is 32.8 Å². The van der Waals surface area contributed by atoms with Gasteiger partial charge in [-0.2, -0.15) is 5.10 Å². The quantitative estimate of drug-likeness (QED) is 0.670. The van der Waals surface area contributed by atoms with Crippen LogP contribution >= 0.6 is 0 Å². The summed E-state index contributed by atoms with van der Waals surface area (Å²) in [4.78, 5) is 16.6. The first kappa shape index (κ1) is 19.7. The van der Waals surface area contributed by atoms with Crippen LogP contribution in [0.5, 0.6) is 0 Å². The smallest absolute Gasteiger partial charge is 0.235 e. The molecular weight excluding hydrogens is 368 g/mol. The summed E-state index contributed by atoms with van der Waals surface area (Å²) in [5, 5.41) is 8.67. The number of H-pyrrole nitrogens is 1. The van der Waals surface area contributed by atoms with Crippen LogP contribution in [-0.2, 0) is 19.7 Å². The SMILES string of the molecule is COCCC1(CCOC)C(=O)Nc2cc3c(C)c(C4=NNC=C(C)C4)[nH]c3cc21. The van der Waals surface area contributed by atoms with Gasteiger partial charge in [-0.05, 0) is 55.5 Å². The summed E-state index contributed by atoms with van der Waals surface area (Å²) < 4.78 is 10.6. The molecule has 0 bridgehead atoms. The van der Waals surface area contributed by atoms with E-state index in [1.54, 1.807) is 14.2 Å². The first-order valence-corrected chi connectivity index (χ1v) is 9.94. The number of carbonyl (C=O) groups is 1. The van der Waals surface area contributed by atoms with Gasteiger partial charge < -0.3 is 19.8 Å². The normalized spacial score (nSPS) is 17.6. The van der Waals surface area contributed by atoms with E-state index in [0.717, 1.165) is 45.5 Å². The molecule has 7 nitrogen and oxygen atoms in total. The van der Waals surface area contributed by atoms with Crippen LogP contribution in [0.4, 0.5) is 5.69 Å². The number of anilines is 1. The fourth-order valence-electron chi connectivity index (χ4n) is 4.42. The Hall–Kier alpha value is -2.64. The van der Waals surface area contributed by atoms with Gasteiger partial charge in [0, 0.05) is 56.6 Å². The van der Waals surface area contributed by atoms with E-state index in [2.05, 4.69) is 46.8 Å². The Morgan fingerprint density at radius 1 is 1.14 bits per heavy atom. The molecule has 0 spiro atoms. The molecule has 4 rings (SSSR count). The molecule has 7 heteroatoms. The number of hydrazone groups is 1. The van der Waals surface area contributed by atoms with E-state index in [0.29, 0.717) is 26.1 Å². The van der Waals surface area contributed by atoms with Crippen LogP contribution < -0.4 is 10.7 Å². The van der Waals surface area contributed by atoms with E-state index in [4.69, 9.17) is 9.47 Å². The van der Waals surface area contributed by atoms with E-state index < -0.39 is 5.41 Å². The minimum absolute atomic E-state index is 0.0220. The number of amides is 1. The Morgan fingerprint density at radius 2 is 1.86 bits per heavy atom. The van der Waals surface area contributed by atoms with Crippen molar-refractivity contribution in [3.63, 3.8) is 0 Å². The fourth-order valence-corrected chi connectivity index (χ4v) is 4.42. The van der Waals surface area contributed by atoms with Gasteiger partial charge in [0.25, 0.3) is 0 Å². The molecule has 29 heavy (non-hydrogen) atoms. The van der Waals surface area contributed by atoms with Gasteiger partial charge in [0.1, 0.15) is 0 Å². The second-order valence-electron chi connectivity index (χ2n) is 7.95. The summed E-state index contributed by atoms with van der Waals surface area (Å²) in [6.45, 7) is 5.20. The maximum Gasteiger partial charge on any atom is 0.235 e. The zero-order valence-electron chi connectivity index (χ0n) is 17.4. The van der Waals surface area contributed by atoms with Gasteiger partial charge >= 0.3 is 0 Å². The lowest BCUT2D eigenvalue weighted by molar-refractivity contribution is -0.122. The van der Waals surface area contributed by atoms with Crippen LogP contribution in [-0.4, -0.2) is 44.0 Å². The van der Waals surface area contributed by atoms with Crippen molar-refractivity contribution in [3.8, 4) is 0 Å². The lowest BCUT2D eigenvalue weighted by Gasteiger charge is -2.27. The average Bonchev–Trinajstić information content (AvgIpc) is 3.17. The van der Waals surface area contributed by atoms with Gasteiger partial charge in [-0.15, -0.1) is 0 Å². The molecule has 1 aromatic heterocycles. The van der Waals surface area contributed by atoms with Crippen LogP contribution in [0.3, 0.4) is 0 Å². The highest BCUT2D eigenvalue weighted by atomic mass is 16.5. The first-order valence-electron chi connectivity index (χ1n) is 9.94. The predicted molar refractivity (Wildman–Crippen MR) is 114 cm³/mol. The Kier molecular flexibility index (Phi) is 5.19. The fraction of sp³-hybridized carbons (Fsp3) is 0.455. The number of carbonyl (C=O) groups excluding carboxylic acids is 1. The number of nitrogens with zero attached hydrogens (tertiary/aromatic N) is 1. The van der Waals surface area contributed by atoms with Crippen LogP contribution in [0.1, 0.15) is 43.0 Å². The topological polar surface area (TPSA) is 87.7 Å². The molecule has 0 aliphatic carbocycles. The Labute approximate surface area is 170 Å². The number of rotatable bonds is 7. The third-order valence-corrected chi connectivity index (χ3v) is 6.11.